The van der Waals surface area contributed by atoms with Crippen molar-refractivity contribution in [2.24, 2.45) is 5.92 Å². The molecule has 0 aromatic carbocycles. The Morgan fingerprint density at radius 1 is 1.35 bits per heavy atom. The highest BCUT2D eigenvalue weighted by Gasteiger charge is 2.22. The molecule has 0 spiro atoms. The van der Waals surface area contributed by atoms with Gasteiger partial charge in [0.15, 0.2) is 0 Å². The van der Waals surface area contributed by atoms with Crippen LogP contribution < -0.4 is 11.1 Å². The highest BCUT2D eigenvalue weighted by atomic mass is 35.5. The lowest BCUT2D eigenvalue weighted by Crippen LogP contribution is -2.24. The van der Waals surface area contributed by atoms with Crippen LogP contribution in [0.3, 0.4) is 0 Å². The minimum atomic E-state index is 0.317. The Morgan fingerprint density at radius 2 is 2.00 bits per heavy atom. The number of rotatable bonds is 3. The van der Waals surface area contributed by atoms with Gasteiger partial charge in [0.2, 0.25) is 0 Å². The van der Waals surface area contributed by atoms with Crippen LogP contribution in [-0.4, -0.2) is 11.0 Å². The van der Waals surface area contributed by atoms with Crippen LogP contribution in [-0.2, 0) is 0 Å². The number of nitrogens with two attached hydrogens (primary N) is 1. The molecule has 1 aromatic rings. The van der Waals surface area contributed by atoms with Gasteiger partial charge >= 0.3 is 0 Å². The molecular weight excluding hydrogens is 257 g/mol. The SMILES string of the molecule is CC(Nc1nc(N)c(Cl)cc1Cl)C1CCCC1. The zero-order valence-corrected chi connectivity index (χ0v) is 11.4. The summed E-state index contributed by atoms with van der Waals surface area (Å²) in [6.45, 7) is 2.17. The largest absolute Gasteiger partial charge is 0.382 e. The zero-order chi connectivity index (χ0) is 12.4. The minimum Gasteiger partial charge on any atom is -0.382 e. The summed E-state index contributed by atoms with van der Waals surface area (Å²) in [5.41, 5.74) is 5.68. The predicted octanol–water partition coefficient (Wildman–Crippen LogP) is 3.96. The van der Waals surface area contributed by atoms with Gasteiger partial charge in [-0.1, -0.05) is 36.0 Å². The van der Waals surface area contributed by atoms with Gasteiger partial charge in [-0.15, -0.1) is 0 Å². The van der Waals surface area contributed by atoms with E-state index in [2.05, 4.69) is 17.2 Å². The first-order valence-corrected chi connectivity index (χ1v) is 6.71. The van der Waals surface area contributed by atoms with Gasteiger partial charge in [-0.25, -0.2) is 4.98 Å². The first kappa shape index (κ1) is 12.8. The standard InChI is InChI=1S/C12H17Cl2N3/c1-7(8-4-2-3-5-8)16-12-10(14)6-9(13)11(15)17-12/h6-8H,2-5H2,1H3,(H3,15,16,17). The third-order valence-corrected chi connectivity index (χ3v) is 4.02. The number of pyridine rings is 1. The highest BCUT2D eigenvalue weighted by molar-refractivity contribution is 6.37. The Balaban J connectivity index is 2.09. The molecule has 2 rings (SSSR count). The summed E-state index contributed by atoms with van der Waals surface area (Å²) in [5.74, 6) is 1.65. The van der Waals surface area contributed by atoms with E-state index in [1.807, 2.05) is 0 Å². The first-order chi connectivity index (χ1) is 8.08. The fourth-order valence-electron chi connectivity index (χ4n) is 2.37. The van der Waals surface area contributed by atoms with Gasteiger partial charge in [0.1, 0.15) is 11.6 Å². The van der Waals surface area contributed by atoms with E-state index < -0.39 is 0 Å². The lowest BCUT2D eigenvalue weighted by Gasteiger charge is -2.21. The second-order valence-corrected chi connectivity index (χ2v) is 5.48. The van der Waals surface area contributed by atoms with Crippen LogP contribution in [0.25, 0.3) is 0 Å². The molecule has 1 heterocycles. The molecule has 5 heteroatoms. The number of nitrogen functional groups attached to an aromatic ring is 1. The van der Waals surface area contributed by atoms with Crippen molar-refractivity contribution >= 4 is 34.8 Å². The van der Waals surface area contributed by atoms with Crippen molar-refractivity contribution in [3.63, 3.8) is 0 Å². The van der Waals surface area contributed by atoms with Gasteiger partial charge in [-0.05, 0) is 31.7 Å². The molecule has 1 saturated carbocycles. The molecule has 3 nitrogen and oxygen atoms in total. The third-order valence-electron chi connectivity index (χ3n) is 3.43. The number of nitrogens with one attached hydrogen (secondary N) is 1. The van der Waals surface area contributed by atoms with Gasteiger partial charge in [-0.3, -0.25) is 0 Å². The van der Waals surface area contributed by atoms with Crippen LogP contribution in [0, 0.1) is 5.92 Å². The average molecular weight is 274 g/mol. The number of aromatic nitrogens is 1. The fourth-order valence-corrected chi connectivity index (χ4v) is 2.79. The average Bonchev–Trinajstić information content (AvgIpc) is 2.79. The predicted molar refractivity (Wildman–Crippen MR) is 73.7 cm³/mol. The topological polar surface area (TPSA) is 50.9 Å². The molecule has 0 bridgehead atoms. The lowest BCUT2D eigenvalue weighted by atomic mass is 10.00. The van der Waals surface area contributed by atoms with Gasteiger partial charge in [-0.2, -0.15) is 0 Å². The third kappa shape index (κ3) is 2.96. The summed E-state index contributed by atoms with van der Waals surface area (Å²) in [5, 5.41) is 4.26. The van der Waals surface area contributed by atoms with Crippen molar-refractivity contribution in [1.29, 1.82) is 0 Å². The molecule has 94 valence electrons. The maximum atomic E-state index is 6.09. The maximum Gasteiger partial charge on any atom is 0.147 e. The van der Waals surface area contributed by atoms with Crippen molar-refractivity contribution in [2.45, 2.75) is 38.6 Å². The van der Waals surface area contributed by atoms with Crippen LogP contribution in [0.4, 0.5) is 11.6 Å². The van der Waals surface area contributed by atoms with Crippen molar-refractivity contribution < 1.29 is 0 Å². The fraction of sp³-hybridized carbons (Fsp3) is 0.583. The molecule has 1 aliphatic carbocycles. The zero-order valence-electron chi connectivity index (χ0n) is 9.84. The maximum absolute atomic E-state index is 6.09. The number of hydrogen-bond donors (Lipinski definition) is 2. The Morgan fingerprint density at radius 3 is 2.65 bits per heavy atom. The van der Waals surface area contributed by atoms with E-state index in [1.165, 1.54) is 25.7 Å². The summed E-state index contributed by atoms with van der Waals surface area (Å²) in [6.07, 6.45) is 5.19. The molecule has 17 heavy (non-hydrogen) atoms. The van der Waals surface area contributed by atoms with Crippen molar-refractivity contribution in [3.8, 4) is 0 Å². The van der Waals surface area contributed by atoms with E-state index in [9.17, 15) is 0 Å². The van der Waals surface area contributed by atoms with Crippen LogP contribution >= 0.6 is 23.2 Å². The van der Waals surface area contributed by atoms with Crippen LogP contribution in [0.2, 0.25) is 10.0 Å². The van der Waals surface area contributed by atoms with E-state index in [0.717, 1.165) is 0 Å². The summed E-state index contributed by atoms with van der Waals surface area (Å²) in [6, 6.07) is 2.00. The molecule has 1 aromatic heterocycles. The molecule has 1 aliphatic rings. The number of hydrogen-bond acceptors (Lipinski definition) is 3. The van der Waals surface area contributed by atoms with Crippen LogP contribution in [0.1, 0.15) is 32.6 Å². The van der Waals surface area contributed by atoms with Gasteiger partial charge in [0.25, 0.3) is 0 Å². The second kappa shape index (κ2) is 5.32. The summed E-state index contributed by atoms with van der Waals surface area (Å²) in [7, 11) is 0. The Hall–Kier alpha value is -0.670. The van der Waals surface area contributed by atoms with E-state index in [0.29, 0.717) is 33.6 Å². The van der Waals surface area contributed by atoms with E-state index in [-0.39, 0.29) is 0 Å². The number of nitrogens with zero attached hydrogens (tertiary/aromatic N) is 1. The summed E-state index contributed by atoms with van der Waals surface area (Å²) in [4.78, 5) is 4.19. The van der Waals surface area contributed by atoms with Gasteiger partial charge in [0.05, 0.1) is 10.0 Å². The highest BCUT2D eigenvalue weighted by Crippen LogP contribution is 2.32. The number of halogens is 2. The van der Waals surface area contributed by atoms with Crippen LogP contribution in [0.15, 0.2) is 6.07 Å². The van der Waals surface area contributed by atoms with Gasteiger partial charge < -0.3 is 11.1 Å². The summed E-state index contributed by atoms with van der Waals surface area (Å²) < 4.78 is 0. The Kier molecular flexibility index (Phi) is 4.00. The second-order valence-electron chi connectivity index (χ2n) is 4.66. The van der Waals surface area contributed by atoms with Crippen molar-refractivity contribution in [2.75, 3.05) is 11.1 Å². The molecule has 3 N–H and O–H groups in total. The minimum absolute atomic E-state index is 0.317. The van der Waals surface area contributed by atoms with Crippen LogP contribution in [0.5, 0.6) is 0 Å². The van der Waals surface area contributed by atoms with E-state index in [4.69, 9.17) is 28.9 Å². The van der Waals surface area contributed by atoms with Crippen molar-refractivity contribution in [3.05, 3.63) is 16.1 Å². The monoisotopic (exact) mass is 273 g/mol. The lowest BCUT2D eigenvalue weighted by molar-refractivity contribution is 0.481. The van der Waals surface area contributed by atoms with Crippen molar-refractivity contribution in [1.82, 2.24) is 4.98 Å². The number of anilines is 2. The molecule has 0 amide bonds. The van der Waals surface area contributed by atoms with E-state index >= 15 is 0 Å². The molecular formula is C12H17Cl2N3. The normalized spacial score (nSPS) is 18.3. The molecule has 0 aliphatic heterocycles. The Labute approximate surface area is 112 Å². The molecule has 1 atom stereocenters. The quantitative estimate of drug-likeness (QED) is 0.877. The van der Waals surface area contributed by atoms with E-state index in [1.54, 1.807) is 6.07 Å². The Bertz CT molecular complexity index is 403. The molecule has 1 unspecified atom stereocenters. The smallest absolute Gasteiger partial charge is 0.147 e. The molecule has 1 fully saturated rings. The molecule has 0 radical (unpaired) electrons. The first-order valence-electron chi connectivity index (χ1n) is 5.96. The molecule has 0 saturated heterocycles. The summed E-state index contributed by atoms with van der Waals surface area (Å²) >= 11 is 11.9. The van der Waals surface area contributed by atoms with Gasteiger partial charge in [0, 0.05) is 6.04 Å².